The van der Waals surface area contributed by atoms with Gasteiger partial charge in [0.25, 0.3) is 5.91 Å². The summed E-state index contributed by atoms with van der Waals surface area (Å²) in [6.07, 6.45) is 1.82. The zero-order chi connectivity index (χ0) is 19.0. The van der Waals surface area contributed by atoms with E-state index in [0.29, 0.717) is 24.6 Å². The Morgan fingerprint density at radius 2 is 2.07 bits per heavy atom. The number of nitrogens with one attached hydrogen (secondary N) is 2. The van der Waals surface area contributed by atoms with Crippen molar-refractivity contribution in [1.82, 2.24) is 20.4 Å². The Bertz CT molecular complexity index is 772. The number of benzene rings is 1. The quantitative estimate of drug-likeness (QED) is 0.743. The third kappa shape index (κ3) is 3.37. The van der Waals surface area contributed by atoms with Crippen LogP contribution in [-0.2, 0) is 22.7 Å². The highest BCUT2D eigenvalue weighted by Gasteiger charge is 2.39. The number of fused-ring (bicyclic) bond motifs is 1. The summed E-state index contributed by atoms with van der Waals surface area (Å²) in [6.45, 7) is 6.43. The Kier molecular flexibility index (Phi) is 4.97. The number of hydrogen-bond donors (Lipinski definition) is 2. The standard InChI is InChI=1S/C20H26N4O3/c1-2-23(14-8-9-21-10-14)11-13-4-3-5-15-16(13)12-24(20(15)27)17-6-7-18(25)22-19(17)26/h3-5,14,17,21H,2,6-12H2,1H3,(H,22,25,26)/t14-,17?/m0/s1. The van der Waals surface area contributed by atoms with Crippen molar-refractivity contribution in [2.75, 3.05) is 19.6 Å². The van der Waals surface area contributed by atoms with E-state index in [4.69, 9.17) is 0 Å². The first-order chi connectivity index (χ1) is 13.1. The Hall–Kier alpha value is -2.25. The molecule has 0 bridgehead atoms. The molecule has 3 aliphatic rings. The van der Waals surface area contributed by atoms with Gasteiger partial charge < -0.3 is 10.2 Å². The van der Waals surface area contributed by atoms with Crippen LogP contribution in [0.1, 0.15) is 47.7 Å². The minimum Gasteiger partial charge on any atom is -0.322 e. The molecule has 7 heteroatoms. The van der Waals surface area contributed by atoms with Crippen LogP contribution in [0.15, 0.2) is 18.2 Å². The van der Waals surface area contributed by atoms with Crippen molar-refractivity contribution in [2.24, 2.45) is 0 Å². The lowest BCUT2D eigenvalue weighted by atomic mass is 10.0. The minimum absolute atomic E-state index is 0.105. The molecule has 1 aromatic carbocycles. The predicted octanol–water partition coefficient (Wildman–Crippen LogP) is 0.631. The summed E-state index contributed by atoms with van der Waals surface area (Å²) in [6, 6.07) is 5.83. The smallest absolute Gasteiger partial charge is 0.255 e. The lowest BCUT2D eigenvalue weighted by Crippen LogP contribution is -2.52. The number of imide groups is 1. The van der Waals surface area contributed by atoms with Gasteiger partial charge in [-0.05, 0) is 43.1 Å². The second kappa shape index (κ2) is 7.40. The molecule has 2 saturated heterocycles. The van der Waals surface area contributed by atoms with E-state index in [0.717, 1.165) is 43.7 Å². The molecule has 2 N–H and O–H groups in total. The summed E-state index contributed by atoms with van der Waals surface area (Å²) < 4.78 is 0. The molecule has 3 aliphatic heterocycles. The van der Waals surface area contributed by atoms with Gasteiger partial charge in [0.15, 0.2) is 0 Å². The van der Waals surface area contributed by atoms with E-state index in [1.54, 1.807) is 4.90 Å². The fourth-order valence-electron chi connectivity index (χ4n) is 4.47. The number of carbonyl (C=O) groups excluding carboxylic acids is 3. The van der Waals surface area contributed by atoms with Crippen molar-refractivity contribution in [2.45, 2.75) is 51.4 Å². The summed E-state index contributed by atoms with van der Waals surface area (Å²) in [7, 11) is 0. The highest BCUT2D eigenvalue weighted by atomic mass is 16.2. The molecule has 1 unspecified atom stereocenters. The second-order valence-electron chi connectivity index (χ2n) is 7.55. The van der Waals surface area contributed by atoms with E-state index in [9.17, 15) is 14.4 Å². The predicted molar refractivity (Wildman–Crippen MR) is 99.8 cm³/mol. The molecule has 3 amide bonds. The van der Waals surface area contributed by atoms with E-state index in [1.807, 2.05) is 12.1 Å². The summed E-state index contributed by atoms with van der Waals surface area (Å²) >= 11 is 0. The maximum absolute atomic E-state index is 12.9. The van der Waals surface area contributed by atoms with Crippen LogP contribution < -0.4 is 10.6 Å². The van der Waals surface area contributed by atoms with Gasteiger partial charge in [-0.2, -0.15) is 0 Å². The number of carbonyl (C=O) groups is 3. The van der Waals surface area contributed by atoms with Gasteiger partial charge in [-0.15, -0.1) is 0 Å². The van der Waals surface area contributed by atoms with E-state index in [2.05, 4.69) is 28.5 Å². The minimum atomic E-state index is -0.559. The Labute approximate surface area is 159 Å². The molecule has 0 spiro atoms. The maximum atomic E-state index is 12.9. The first-order valence-electron chi connectivity index (χ1n) is 9.78. The molecule has 3 heterocycles. The van der Waals surface area contributed by atoms with E-state index < -0.39 is 6.04 Å². The van der Waals surface area contributed by atoms with Crippen LogP contribution in [0.25, 0.3) is 0 Å². The molecule has 0 radical (unpaired) electrons. The third-order valence-electron chi connectivity index (χ3n) is 6.01. The molecular formula is C20H26N4O3. The zero-order valence-corrected chi connectivity index (χ0v) is 15.7. The van der Waals surface area contributed by atoms with Crippen LogP contribution in [-0.4, -0.2) is 59.2 Å². The lowest BCUT2D eigenvalue weighted by Gasteiger charge is -2.30. The van der Waals surface area contributed by atoms with Gasteiger partial charge in [-0.3, -0.25) is 24.6 Å². The fraction of sp³-hybridized carbons (Fsp3) is 0.550. The zero-order valence-electron chi connectivity index (χ0n) is 15.7. The molecule has 4 rings (SSSR count). The molecule has 7 nitrogen and oxygen atoms in total. The van der Waals surface area contributed by atoms with Crippen LogP contribution in [0.2, 0.25) is 0 Å². The number of amides is 3. The summed E-state index contributed by atoms with van der Waals surface area (Å²) in [5.74, 6) is -0.724. The highest BCUT2D eigenvalue weighted by Crippen LogP contribution is 2.30. The topological polar surface area (TPSA) is 81.8 Å². The van der Waals surface area contributed by atoms with E-state index in [1.165, 1.54) is 0 Å². The number of nitrogens with zero attached hydrogens (tertiary/aromatic N) is 2. The van der Waals surface area contributed by atoms with Gasteiger partial charge in [-0.25, -0.2) is 0 Å². The van der Waals surface area contributed by atoms with Crippen LogP contribution in [0.3, 0.4) is 0 Å². The number of piperidine rings is 1. The van der Waals surface area contributed by atoms with Gasteiger partial charge in [0.05, 0.1) is 0 Å². The van der Waals surface area contributed by atoms with Crippen molar-refractivity contribution in [3.63, 3.8) is 0 Å². The van der Waals surface area contributed by atoms with Gasteiger partial charge in [0.2, 0.25) is 11.8 Å². The SMILES string of the molecule is CCN(Cc1cccc2c1CN(C1CCC(=O)NC1=O)C2=O)[C@H]1CCNC1. The Morgan fingerprint density at radius 3 is 2.78 bits per heavy atom. The monoisotopic (exact) mass is 370 g/mol. The molecule has 1 aromatic rings. The van der Waals surface area contributed by atoms with Gasteiger partial charge in [0.1, 0.15) is 6.04 Å². The molecular weight excluding hydrogens is 344 g/mol. The molecule has 0 aliphatic carbocycles. The average molecular weight is 370 g/mol. The van der Waals surface area contributed by atoms with Crippen LogP contribution in [0.4, 0.5) is 0 Å². The van der Waals surface area contributed by atoms with Crippen molar-refractivity contribution in [3.8, 4) is 0 Å². The van der Waals surface area contributed by atoms with Crippen molar-refractivity contribution in [1.29, 1.82) is 0 Å². The molecule has 27 heavy (non-hydrogen) atoms. The number of likely N-dealkylation sites (N-methyl/N-ethyl adjacent to an activating group) is 1. The van der Waals surface area contributed by atoms with Crippen LogP contribution in [0.5, 0.6) is 0 Å². The van der Waals surface area contributed by atoms with Gasteiger partial charge in [0, 0.05) is 37.7 Å². The van der Waals surface area contributed by atoms with Crippen molar-refractivity contribution in [3.05, 3.63) is 34.9 Å². The number of rotatable bonds is 5. The highest BCUT2D eigenvalue weighted by molar-refractivity contribution is 6.05. The van der Waals surface area contributed by atoms with E-state index >= 15 is 0 Å². The lowest BCUT2D eigenvalue weighted by molar-refractivity contribution is -0.136. The van der Waals surface area contributed by atoms with Gasteiger partial charge >= 0.3 is 0 Å². The second-order valence-corrected chi connectivity index (χ2v) is 7.55. The molecule has 2 fully saturated rings. The summed E-state index contributed by atoms with van der Waals surface area (Å²) in [5, 5.41) is 5.77. The molecule has 2 atom stereocenters. The molecule has 0 saturated carbocycles. The Balaban J connectivity index is 1.55. The summed E-state index contributed by atoms with van der Waals surface area (Å²) in [5.41, 5.74) is 2.87. The molecule has 144 valence electrons. The van der Waals surface area contributed by atoms with Crippen molar-refractivity contribution < 1.29 is 14.4 Å². The van der Waals surface area contributed by atoms with E-state index in [-0.39, 0.29) is 24.1 Å². The molecule has 0 aromatic heterocycles. The average Bonchev–Trinajstić information content (AvgIpc) is 3.29. The third-order valence-corrected chi connectivity index (χ3v) is 6.01. The normalized spacial score (nSPS) is 25.3. The first kappa shape index (κ1) is 18.1. The van der Waals surface area contributed by atoms with Gasteiger partial charge in [-0.1, -0.05) is 19.1 Å². The Morgan fingerprint density at radius 1 is 1.22 bits per heavy atom. The van der Waals surface area contributed by atoms with Crippen molar-refractivity contribution >= 4 is 17.7 Å². The number of hydrogen-bond acceptors (Lipinski definition) is 5. The fourth-order valence-corrected chi connectivity index (χ4v) is 4.47. The largest absolute Gasteiger partial charge is 0.322 e. The van der Waals surface area contributed by atoms with Crippen LogP contribution >= 0.6 is 0 Å². The first-order valence-corrected chi connectivity index (χ1v) is 9.78. The van der Waals surface area contributed by atoms with Crippen LogP contribution in [0, 0.1) is 0 Å². The maximum Gasteiger partial charge on any atom is 0.255 e. The summed E-state index contributed by atoms with van der Waals surface area (Å²) in [4.78, 5) is 40.7.